The minimum absolute atomic E-state index is 0.00281. The monoisotopic (exact) mass is 443 g/mol. The zero-order valence-electron chi connectivity index (χ0n) is 9.89. The van der Waals surface area contributed by atoms with E-state index in [1.54, 1.807) is 12.3 Å². The summed E-state index contributed by atoms with van der Waals surface area (Å²) >= 11 is 5.66. The summed E-state index contributed by atoms with van der Waals surface area (Å²) in [4.78, 5) is 15.6. The largest absolute Gasteiger partial charge is 0.476 e. The highest BCUT2D eigenvalue weighted by Gasteiger charge is 2.20. The highest BCUT2D eigenvalue weighted by molar-refractivity contribution is 14.1. The number of hydrogen-bond acceptors (Lipinski definition) is 3. The summed E-state index contributed by atoms with van der Waals surface area (Å²) in [6.45, 7) is 0. The molecule has 0 saturated heterocycles. The number of benzene rings is 1. The van der Waals surface area contributed by atoms with Crippen LogP contribution < -0.4 is 0 Å². The van der Waals surface area contributed by atoms with Gasteiger partial charge in [0.1, 0.15) is 0 Å². The zero-order chi connectivity index (χ0) is 14.3. The Balaban J connectivity index is 2.41. The van der Waals surface area contributed by atoms with Crippen molar-refractivity contribution in [1.82, 2.24) is 15.2 Å². The molecular weight excluding hydrogens is 437 g/mol. The third-order valence-corrected chi connectivity index (χ3v) is 4.19. The zero-order valence-corrected chi connectivity index (χ0v) is 13.6. The van der Waals surface area contributed by atoms with Crippen LogP contribution in [0.3, 0.4) is 0 Å². The molecule has 3 aromatic rings. The number of fused-ring (bicyclic) bond motifs is 1. The Hall–Kier alpha value is -1.48. The maximum Gasteiger partial charge on any atom is 0.357 e. The Kier molecular flexibility index (Phi) is 3.47. The lowest BCUT2D eigenvalue weighted by atomic mass is 10.0. The highest BCUT2D eigenvalue weighted by Crippen LogP contribution is 2.35. The van der Waals surface area contributed by atoms with Gasteiger partial charge in [-0.1, -0.05) is 15.9 Å². The van der Waals surface area contributed by atoms with E-state index in [0.717, 1.165) is 13.6 Å². The van der Waals surface area contributed by atoms with Crippen LogP contribution in [-0.4, -0.2) is 26.3 Å². The second kappa shape index (κ2) is 5.13. The third kappa shape index (κ3) is 2.20. The summed E-state index contributed by atoms with van der Waals surface area (Å²) in [6.07, 6.45) is 1.70. The molecule has 0 aliphatic carbocycles. The van der Waals surface area contributed by atoms with E-state index in [9.17, 15) is 9.90 Å². The molecule has 5 nitrogen and oxygen atoms in total. The number of aromatic carboxylic acids is 1. The molecule has 0 bridgehead atoms. The number of nitrogens with zero attached hydrogens (tertiary/aromatic N) is 2. The predicted octanol–water partition coefficient (Wildman–Crippen LogP) is 3.69. The molecule has 0 radical (unpaired) electrons. The SMILES string of the molecule is O=C(O)c1n[nH]c2ccc(Br)c(-c3cc(I)ccn3)c12. The summed E-state index contributed by atoms with van der Waals surface area (Å²) in [5, 5.41) is 16.4. The van der Waals surface area contributed by atoms with Crippen molar-refractivity contribution in [1.29, 1.82) is 0 Å². The summed E-state index contributed by atoms with van der Waals surface area (Å²) in [5.74, 6) is -1.07. The van der Waals surface area contributed by atoms with Crippen LogP contribution in [0.2, 0.25) is 0 Å². The van der Waals surface area contributed by atoms with Gasteiger partial charge < -0.3 is 5.11 Å². The van der Waals surface area contributed by atoms with Gasteiger partial charge in [0, 0.05) is 25.2 Å². The van der Waals surface area contributed by atoms with E-state index in [1.807, 2.05) is 18.2 Å². The Bertz CT molecular complexity index is 832. The summed E-state index contributed by atoms with van der Waals surface area (Å²) in [6, 6.07) is 7.42. The number of halogens is 2. The van der Waals surface area contributed by atoms with E-state index in [1.165, 1.54) is 0 Å². The molecule has 0 aliphatic heterocycles. The molecule has 2 heterocycles. The Morgan fingerprint density at radius 3 is 2.85 bits per heavy atom. The minimum Gasteiger partial charge on any atom is -0.476 e. The first-order valence-corrected chi connectivity index (χ1v) is 7.47. The lowest BCUT2D eigenvalue weighted by Gasteiger charge is -2.07. The van der Waals surface area contributed by atoms with Gasteiger partial charge in [-0.15, -0.1) is 0 Å². The smallest absolute Gasteiger partial charge is 0.357 e. The van der Waals surface area contributed by atoms with Crippen molar-refractivity contribution in [2.45, 2.75) is 0 Å². The molecule has 0 unspecified atom stereocenters. The number of aromatic nitrogens is 3. The molecule has 2 N–H and O–H groups in total. The van der Waals surface area contributed by atoms with Gasteiger partial charge in [-0.3, -0.25) is 10.1 Å². The van der Waals surface area contributed by atoms with Crippen LogP contribution >= 0.6 is 38.5 Å². The van der Waals surface area contributed by atoms with E-state index in [2.05, 4.69) is 53.7 Å². The molecule has 100 valence electrons. The summed E-state index contributed by atoms with van der Waals surface area (Å²) < 4.78 is 1.81. The molecule has 2 aromatic heterocycles. The Morgan fingerprint density at radius 2 is 2.15 bits per heavy atom. The summed E-state index contributed by atoms with van der Waals surface area (Å²) in [7, 11) is 0. The number of aromatic amines is 1. The number of H-pyrrole nitrogens is 1. The van der Waals surface area contributed by atoms with Crippen molar-refractivity contribution in [3.63, 3.8) is 0 Å². The number of pyridine rings is 1. The molecule has 20 heavy (non-hydrogen) atoms. The number of hydrogen-bond donors (Lipinski definition) is 2. The fourth-order valence-electron chi connectivity index (χ4n) is 2.04. The van der Waals surface area contributed by atoms with Crippen LogP contribution in [0.25, 0.3) is 22.2 Å². The van der Waals surface area contributed by atoms with Crippen LogP contribution in [0.4, 0.5) is 0 Å². The van der Waals surface area contributed by atoms with E-state index >= 15 is 0 Å². The second-order valence-corrected chi connectivity index (χ2v) is 6.18. The average Bonchev–Trinajstić information content (AvgIpc) is 2.82. The van der Waals surface area contributed by atoms with Gasteiger partial charge in [0.25, 0.3) is 0 Å². The molecule has 1 aromatic carbocycles. The van der Waals surface area contributed by atoms with Gasteiger partial charge in [0.15, 0.2) is 5.69 Å². The minimum atomic E-state index is -1.07. The van der Waals surface area contributed by atoms with E-state index in [-0.39, 0.29) is 5.69 Å². The molecule has 0 saturated carbocycles. The molecule has 0 atom stereocenters. The van der Waals surface area contributed by atoms with Crippen molar-refractivity contribution in [3.05, 3.63) is 44.2 Å². The van der Waals surface area contributed by atoms with Crippen molar-refractivity contribution in [2.75, 3.05) is 0 Å². The fraction of sp³-hybridized carbons (Fsp3) is 0. The van der Waals surface area contributed by atoms with Crippen LogP contribution in [0.15, 0.2) is 34.9 Å². The maximum absolute atomic E-state index is 11.3. The maximum atomic E-state index is 11.3. The van der Waals surface area contributed by atoms with E-state index in [4.69, 9.17) is 0 Å². The molecule has 0 amide bonds. The first-order chi connectivity index (χ1) is 9.58. The quantitative estimate of drug-likeness (QED) is 0.592. The highest BCUT2D eigenvalue weighted by atomic mass is 127. The second-order valence-electron chi connectivity index (χ2n) is 4.08. The predicted molar refractivity (Wildman–Crippen MR) is 86.7 cm³/mol. The average molecular weight is 444 g/mol. The van der Waals surface area contributed by atoms with Crippen LogP contribution in [-0.2, 0) is 0 Å². The Labute approximate surface area is 135 Å². The fourth-order valence-corrected chi connectivity index (χ4v) is 3.02. The van der Waals surface area contributed by atoms with Gasteiger partial charge in [-0.2, -0.15) is 5.10 Å². The van der Waals surface area contributed by atoms with Gasteiger partial charge in [0.2, 0.25) is 0 Å². The number of nitrogens with one attached hydrogen (secondary N) is 1. The van der Waals surface area contributed by atoms with Gasteiger partial charge in [0.05, 0.1) is 11.2 Å². The molecule has 7 heteroatoms. The first-order valence-electron chi connectivity index (χ1n) is 5.59. The van der Waals surface area contributed by atoms with E-state index in [0.29, 0.717) is 16.6 Å². The van der Waals surface area contributed by atoms with Crippen molar-refractivity contribution in [2.24, 2.45) is 0 Å². The number of carboxylic acids is 1. The molecule has 0 aliphatic rings. The summed E-state index contributed by atoms with van der Waals surface area (Å²) in [5.41, 5.74) is 2.10. The number of carbonyl (C=O) groups is 1. The first kappa shape index (κ1) is 13.5. The molecule has 3 rings (SSSR count). The third-order valence-electron chi connectivity index (χ3n) is 2.86. The lowest BCUT2D eigenvalue weighted by molar-refractivity contribution is 0.0692. The lowest BCUT2D eigenvalue weighted by Crippen LogP contribution is -1.98. The van der Waals surface area contributed by atoms with Gasteiger partial charge >= 0.3 is 5.97 Å². The number of carboxylic acid groups (broad SMARTS) is 1. The molecular formula is C13H7BrIN3O2. The van der Waals surface area contributed by atoms with Crippen LogP contribution in [0, 0.1) is 3.57 Å². The van der Waals surface area contributed by atoms with Crippen molar-refractivity contribution >= 4 is 55.4 Å². The van der Waals surface area contributed by atoms with Crippen LogP contribution in [0.1, 0.15) is 10.5 Å². The molecule has 0 spiro atoms. The Morgan fingerprint density at radius 1 is 1.35 bits per heavy atom. The normalized spacial score (nSPS) is 10.9. The van der Waals surface area contributed by atoms with E-state index < -0.39 is 5.97 Å². The van der Waals surface area contributed by atoms with Crippen LogP contribution in [0.5, 0.6) is 0 Å². The standard InChI is InChI=1S/C13H7BrIN3O2/c14-7-1-2-8-11(12(13(19)20)18-17-8)10(7)9-5-6(15)3-4-16-9/h1-5H,(H,17,18)(H,19,20). The van der Waals surface area contributed by atoms with Crippen molar-refractivity contribution in [3.8, 4) is 11.3 Å². The van der Waals surface area contributed by atoms with Gasteiger partial charge in [-0.25, -0.2) is 4.79 Å². The van der Waals surface area contributed by atoms with Crippen molar-refractivity contribution < 1.29 is 9.90 Å². The van der Waals surface area contributed by atoms with Gasteiger partial charge in [-0.05, 0) is 46.9 Å². The number of rotatable bonds is 2. The molecule has 0 fully saturated rings. The topological polar surface area (TPSA) is 78.9 Å².